The zero-order valence-electron chi connectivity index (χ0n) is 14.4. The van der Waals surface area contributed by atoms with E-state index in [9.17, 15) is 14.7 Å². The smallest absolute Gasteiger partial charge is 0.340 e. The van der Waals surface area contributed by atoms with E-state index in [1.807, 2.05) is 6.07 Å². The summed E-state index contributed by atoms with van der Waals surface area (Å²) in [5.74, 6) is -2.85. The minimum Gasteiger partial charge on any atom is -0.457 e. The molecule has 3 unspecified atom stereocenters. The van der Waals surface area contributed by atoms with Gasteiger partial charge in [-0.15, -0.1) is 0 Å². The lowest BCUT2D eigenvalue weighted by molar-refractivity contribution is -0.179. The van der Waals surface area contributed by atoms with Crippen LogP contribution < -0.4 is 5.32 Å². The van der Waals surface area contributed by atoms with E-state index in [0.717, 1.165) is 0 Å². The topological polar surface area (TPSA) is 84.9 Å². The Bertz CT molecular complexity index is 764. The summed E-state index contributed by atoms with van der Waals surface area (Å²) in [5, 5.41) is 13.8. The van der Waals surface area contributed by atoms with Crippen LogP contribution in [0.1, 0.15) is 33.6 Å². The van der Waals surface area contributed by atoms with Crippen LogP contribution in [0.15, 0.2) is 60.7 Å². The SMILES string of the molecule is CNC1C(OC(=O)c2ccccc2)CCC1(O)OC(=O)c1ccccc1. The van der Waals surface area contributed by atoms with Gasteiger partial charge < -0.3 is 19.9 Å². The summed E-state index contributed by atoms with van der Waals surface area (Å²) in [7, 11) is 1.63. The van der Waals surface area contributed by atoms with Crippen molar-refractivity contribution in [1.82, 2.24) is 5.32 Å². The summed E-state index contributed by atoms with van der Waals surface area (Å²) in [5.41, 5.74) is 0.777. The van der Waals surface area contributed by atoms with E-state index in [1.165, 1.54) is 0 Å². The van der Waals surface area contributed by atoms with Crippen LogP contribution in [0.5, 0.6) is 0 Å². The number of esters is 2. The van der Waals surface area contributed by atoms with Crippen molar-refractivity contribution in [3.63, 3.8) is 0 Å². The third-order valence-electron chi connectivity index (χ3n) is 4.50. The van der Waals surface area contributed by atoms with Gasteiger partial charge in [0.25, 0.3) is 0 Å². The fourth-order valence-corrected chi connectivity index (χ4v) is 3.19. The van der Waals surface area contributed by atoms with Crippen LogP contribution in [0.2, 0.25) is 0 Å². The predicted molar refractivity (Wildman–Crippen MR) is 94.5 cm³/mol. The van der Waals surface area contributed by atoms with Crippen molar-refractivity contribution in [2.24, 2.45) is 0 Å². The molecular formula is C20H21NO5. The van der Waals surface area contributed by atoms with Crippen LogP contribution in [0, 0.1) is 0 Å². The maximum absolute atomic E-state index is 12.3. The number of aliphatic hydroxyl groups is 1. The molecule has 1 aliphatic carbocycles. The van der Waals surface area contributed by atoms with Gasteiger partial charge in [0.2, 0.25) is 5.79 Å². The molecule has 0 saturated heterocycles. The third kappa shape index (κ3) is 3.76. The van der Waals surface area contributed by atoms with Crippen LogP contribution in [0.25, 0.3) is 0 Å². The second kappa shape index (κ2) is 7.68. The molecule has 0 aromatic heterocycles. The number of hydrogen-bond donors (Lipinski definition) is 2. The summed E-state index contributed by atoms with van der Waals surface area (Å²) in [6.07, 6.45) is -0.0618. The van der Waals surface area contributed by atoms with Crippen molar-refractivity contribution in [3.05, 3.63) is 71.8 Å². The van der Waals surface area contributed by atoms with Crippen LogP contribution in [-0.4, -0.2) is 42.0 Å². The van der Waals surface area contributed by atoms with Crippen molar-refractivity contribution in [2.45, 2.75) is 30.8 Å². The van der Waals surface area contributed by atoms with Gasteiger partial charge in [-0.1, -0.05) is 36.4 Å². The normalized spacial score (nSPS) is 24.8. The molecule has 2 N–H and O–H groups in total. The summed E-state index contributed by atoms with van der Waals surface area (Å²) in [4.78, 5) is 24.6. The second-order valence-electron chi connectivity index (χ2n) is 6.22. The van der Waals surface area contributed by atoms with Crippen molar-refractivity contribution in [2.75, 3.05) is 7.05 Å². The van der Waals surface area contributed by atoms with Crippen molar-refractivity contribution in [3.8, 4) is 0 Å². The van der Waals surface area contributed by atoms with Gasteiger partial charge in [0.1, 0.15) is 12.1 Å². The minimum absolute atomic E-state index is 0.170. The van der Waals surface area contributed by atoms with Gasteiger partial charge in [-0.05, 0) is 37.7 Å². The van der Waals surface area contributed by atoms with E-state index < -0.39 is 29.9 Å². The Morgan fingerprint density at radius 3 is 2.08 bits per heavy atom. The number of ether oxygens (including phenoxy) is 2. The molecule has 6 heteroatoms. The lowest BCUT2D eigenvalue weighted by atomic mass is 10.1. The van der Waals surface area contributed by atoms with Gasteiger partial charge in [0, 0.05) is 6.42 Å². The van der Waals surface area contributed by atoms with E-state index >= 15 is 0 Å². The molecule has 6 nitrogen and oxygen atoms in total. The van der Waals surface area contributed by atoms with Gasteiger partial charge in [-0.3, -0.25) is 0 Å². The van der Waals surface area contributed by atoms with E-state index in [0.29, 0.717) is 17.5 Å². The summed E-state index contributed by atoms with van der Waals surface area (Å²) >= 11 is 0. The molecule has 26 heavy (non-hydrogen) atoms. The Labute approximate surface area is 151 Å². The highest BCUT2D eigenvalue weighted by molar-refractivity contribution is 5.90. The highest BCUT2D eigenvalue weighted by Gasteiger charge is 2.52. The quantitative estimate of drug-likeness (QED) is 0.631. The number of benzene rings is 2. The van der Waals surface area contributed by atoms with Gasteiger partial charge in [-0.2, -0.15) is 0 Å². The van der Waals surface area contributed by atoms with Crippen LogP contribution in [-0.2, 0) is 9.47 Å². The number of carbonyl (C=O) groups is 2. The molecule has 0 amide bonds. The average molecular weight is 355 g/mol. The third-order valence-corrected chi connectivity index (χ3v) is 4.50. The first-order valence-corrected chi connectivity index (χ1v) is 8.47. The van der Waals surface area contributed by atoms with Crippen molar-refractivity contribution < 1.29 is 24.2 Å². The molecule has 2 aromatic carbocycles. The summed E-state index contributed by atoms with van der Waals surface area (Å²) in [6.45, 7) is 0. The van der Waals surface area contributed by atoms with Gasteiger partial charge in [-0.25, -0.2) is 9.59 Å². The van der Waals surface area contributed by atoms with E-state index in [2.05, 4.69) is 5.32 Å². The van der Waals surface area contributed by atoms with Crippen LogP contribution in [0.3, 0.4) is 0 Å². The second-order valence-corrected chi connectivity index (χ2v) is 6.22. The Morgan fingerprint density at radius 2 is 1.54 bits per heavy atom. The molecule has 1 saturated carbocycles. The molecule has 1 fully saturated rings. The standard InChI is InChI=1S/C20H21NO5/c1-21-17-16(25-18(22)14-8-4-2-5-9-14)12-13-20(17,24)26-19(23)15-10-6-3-7-11-15/h2-11,16-17,21,24H,12-13H2,1H3. The van der Waals surface area contributed by atoms with Gasteiger partial charge in [0.15, 0.2) is 0 Å². The molecule has 3 rings (SSSR count). The number of likely N-dealkylation sites (N-methyl/N-ethyl adjacent to an activating group) is 1. The average Bonchev–Trinajstić information content (AvgIpc) is 2.98. The number of rotatable bonds is 5. The van der Waals surface area contributed by atoms with Crippen molar-refractivity contribution >= 4 is 11.9 Å². The molecular weight excluding hydrogens is 334 g/mol. The largest absolute Gasteiger partial charge is 0.457 e. The predicted octanol–water partition coefficient (Wildman–Crippen LogP) is 2.14. The first-order chi connectivity index (χ1) is 12.5. The molecule has 2 aromatic rings. The highest BCUT2D eigenvalue weighted by Crippen LogP contribution is 2.34. The maximum atomic E-state index is 12.3. The number of nitrogens with one attached hydrogen (secondary N) is 1. The molecule has 0 radical (unpaired) electrons. The zero-order chi connectivity index (χ0) is 18.6. The number of hydrogen-bond acceptors (Lipinski definition) is 6. The fraction of sp³-hybridized carbons (Fsp3) is 0.300. The molecule has 0 bridgehead atoms. The Hall–Kier alpha value is -2.70. The first kappa shape index (κ1) is 18.1. The van der Waals surface area contributed by atoms with E-state index in [4.69, 9.17) is 9.47 Å². The molecule has 1 aliphatic rings. The maximum Gasteiger partial charge on any atom is 0.340 e. The molecule has 0 spiro atoms. The van der Waals surface area contributed by atoms with Crippen LogP contribution >= 0.6 is 0 Å². The summed E-state index contributed by atoms with van der Waals surface area (Å²) < 4.78 is 10.9. The molecule has 3 atom stereocenters. The number of carbonyl (C=O) groups excluding carboxylic acids is 2. The highest BCUT2D eigenvalue weighted by atomic mass is 16.7. The van der Waals surface area contributed by atoms with Crippen molar-refractivity contribution in [1.29, 1.82) is 0 Å². The molecule has 0 aliphatic heterocycles. The van der Waals surface area contributed by atoms with Crippen LogP contribution in [0.4, 0.5) is 0 Å². The lowest BCUT2D eigenvalue weighted by Crippen LogP contribution is -2.53. The lowest BCUT2D eigenvalue weighted by Gasteiger charge is -2.31. The van der Waals surface area contributed by atoms with E-state index in [-0.39, 0.29) is 6.42 Å². The Kier molecular flexibility index (Phi) is 5.35. The fourth-order valence-electron chi connectivity index (χ4n) is 3.19. The minimum atomic E-state index is -1.75. The van der Waals surface area contributed by atoms with E-state index in [1.54, 1.807) is 61.6 Å². The summed E-state index contributed by atoms with van der Waals surface area (Å²) in [6, 6.07) is 16.4. The molecule has 0 heterocycles. The first-order valence-electron chi connectivity index (χ1n) is 8.47. The Balaban J connectivity index is 1.70. The van der Waals surface area contributed by atoms with Gasteiger partial charge >= 0.3 is 11.9 Å². The van der Waals surface area contributed by atoms with Gasteiger partial charge in [0.05, 0.1) is 11.1 Å². The Morgan fingerprint density at radius 1 is 1.00 bits per heavy atom. The molecule has 136 valence electrons. The monoisotopic (exact) mass is 355 g/mol. The zero-order valence-corrected chi connectivity index (χ0v) is 14.4.